The average Bonchev–Trinajstić information content (AvgIpc) is 2.31. The fourth-order valence-corrected chi connectivity index (χ4v) is 2.47. The van der Waals surface area contributed by atoms with Crippen LogP contribution in [-0.2, 0) is 0 Å². The minimum absolute atomic E-state index is 0.251. The van der Waals surface area contributed by atoms with Crippen molar-refractivity contribution in [2.24, 2.45) is 0 Å². The van der Waals surface area contributed by atoms with Crippen molar-refractivity contribution in [2.45, 2.75) is 51.1 Å². The van der Waals surface area contributed by atoms with Crippen LogP contribution in [0.3, 0.4) is 0 Å². The molecular weight excluding hydrogens is 188 g/mol. The van der Waals surface area contributed by atoms with Crippen molar-refractivity contribution in [3.05, 3.63) is 0 Å². The van der Waals surface area contributed by atoms with Gasteiger partial charge in [-0.15, -0.1) is 0 Å². The summed E-state index contributed by atoms with van der Waals surface area (Å²) < 4.78 is 0. The molecule has 3 nitrogen and oxygen atoms in total. The van der Waals surface area contributed by atoms with Crippen LogP contribution in [0.2, 0.25) is 0 Å². The van der Waals surface area contributed by atoms with Crippen LogP contribution in [0.1, 0.15) is 39.0 Å². The molecule has 2 atom stereocenters. The summed E-state index contributed by atoms with van der Waals surface area (Å²) in [5.41, 5.74) is 0. The Morgan fingerprint density at radius 2 is 2.27 bits per heavy atom. The van der Waals surface area contributed by atoms with Crippen molar-refractivity contribution in [2.75, 3.05) is 26.7 Å². The lowest BCUT2D eigenvalue weighted by Gasteiger charge is -2.35. The van der Waals surface area contributed by atoms with E-state index in [0.29, 0.717) is 0 Å². The second kappa shape index (κ2) is 7.20. The van der Waals surface area contributed by atoms with Gasteiger partial charge in [-0.2, -0.15) is 0 Å². The summed E-state index contributed by atoms with van der Waals surface area (Å²) in [6.07, 6.45) is 6.43. The summed E-state index contributed by atoms with van der Waals surface area (Å²) in [4.78, 5) is 2.60. The number of nitrogens with one attached hydrogen (secondary N) is 1. The van der Waals surface area contributed by atoms with Crippen LogP contribution >= 0.6 is 0 Å². The van der Waals surface area contributed by atoms with Gasteiger partial charge in [-0.1, -0.05) is 13.3 Å². The molecule has 0 spiro atoms. The highest BCUT2D eigenvalue weighted by Gasteiger charge is 2.20. The Balaban J connectivity index is 2.28. The lowest BCUT2D eigenvalue weighted by atomic mass is 9.99. The van der Waals surface area contributed by atoms with E-state index in [0.717, 1.165) is 19.0 Å². The van der Waals surface area contributed by atoms with Crippen LogP contribution in [0.4, 0.5) is 0 Å². The third-order valence-corrected chi connectivity index (χ3v) is 3.61. The van der Waals surface area contributed by atoms with Gasteiger partial charge < -0.3 is 15.3 Å². The molecule has 1 rings (SSSR count). The molecule has 2 N–H and O–H groups in total. The maximum absolute atomic E-state index is 9.10. The summed E-state index contributed by atoms with van der Waals surface area (Å²) >= 11 is 0. The van der Waals surface area contributed by atoms with Crippen LogP contribution in [-0.4, -0.2) is 48.8 Å². The van der Waals surface area contributed by atoms with E-state index in [9.17, 15) is 0 Å². The molecule has 0 aliphatic carbocycles. The van der Waals surface area contributed by atoms with Crippen molar-refractivity contribution < 1.29 is 5.11 Å². The number of hydrogen-bond donors (Lipinski definition) is 2. The fourth-order valence-electron chi connectivity index (χ4n) is 2.47. The number of aliphatic hydroxyl groups excluding tert-OH is 1. The molecule has 1 aliphatic heterocycles. The summed E-state index contributed by atoms with van der Waals surface area (Å²) in [5, 5.41) is 12.2. The molecule has 15 heavy (non-hydrogen) atoms. The summed E-state index contributed by atoms with van der Waals surface area (Å²) in [7, 11) is 1.92. The summed E-state index contributed by atoms with van der Waals surface area (Å²) in [6, 6.07) is 1.05. The molecule has 0 aromatic heterocycles. The molecule has 0 aromatic rings. The summed E-state index contributed by atoms with van der Waals surface area (Å²) in [6.45, 7) is 4.91. The molecular formula is C12H26N2O. The van der Waals surface area contributed by atoms with Crippen molar-refractivity contribution in [1.29, 1.82) is 0 Å². The second-order valence-corrected chi connectivity index (χ2v) is 4.55. The smallest absolute Gasteiger partial charge is 0.0585 e. The van der Waals surface area contributed by atoms with Crippen LogP contribution in [0.15, 0.2) is 0 Å². The molecule has 2 unspecified atom stereocenters. The first-order chi connectivity index (χ1) is 7.31. The van der Waals surface area contributed by atoms with E-state index in [4.69, 9.17) is 5.11 Å². The Labute approximate surface area is 93.9 Å². The van der Waals surface area contributed by atoms with E-state index in [1.54, 1.807) is 0 Å². The highest BCUT2D eigenvalue weighted by Crippen LogP contribution is 2.19. The van der Waals surface area contributed by atoms with Gasteiger partial charge in [-0.3, -0.25) is 0 Å². The topological polar surface area (TPSA) is 35.5 Å². The molecule has 1 fully saturated rings. The van der Waals surface area contributed by atoms with Crippen LogP contribution in [0.25, 0.3) is 0 Å². The number of likely N-dealkylation sites (N-methyl/N-ethyl adjacent to an activating group) is 1. The standard InChI is InChI=1S/C12H26N2O/c1-3-12-6-4-5-8-14(12)9-7-11(10-15)13-2/h11-13,15H,3-10H2,1-2H3. The predicted molar refractivity (Wildman–Crippen MR) is 64.1 cm³/mol. The molecule has 1 heterocycles. The van der Waals surface area contributed by atoms with E-state index in [2.05, 4.69) is 17.1 Å². The van der Waals surface area contributed by atoms with Crippen LogP contribution in [0.5, 0.6) is 0 Å². The second-order valence-electron chi connectivity index (χ2n) is 4.55. The van der Waals surface area contributed by atoms with E-state index in [-0.39, 0.29) is 12.6 Å². The molecule has 3 heteroatoms. The normalized spacial score (nSPS) is 25.4. The largest absolute Gasteiger partial charge is 0.395 e. The van der Waals surface area contributed by atoms with E-state index < -0.39 is 0 Å². The van der Waals surface area contributed by atoms with Crippen molar-refractivity contribution in [1.82, 2.24) is 10.2 Å². The quantitative estimate of drug-likeness (QED) is 0.698. The predicted octanol–water partition coefficient (Wildman–Crippen LogP) is 1.22. The van der Waals surface area contributed by atoms with Gasteiger partial charge in [0.25, 0.3) is 0 Å². The minimum atomic E-state index is 0.251. The van der Waals surface area contributed by atoms with Gasteiger partial charge in [-0.05, 0) is 45.8 Å². The molecule has 0 aromatic carbocycles. The SMILES string of the molecule is CCC1CCCCN1CCC(CO)NC. The van der Waals surface area contributed by atoms with Gasteiger partial charge in [0.1, 0.15) is 0 Å². The minimum Gasteiger partial charge on any atom is -0.395 e. The highest BCUT2D eigenvalue weighted by atomic mass is 16.3. The first-order valence-corrected chi connectivity index (χ1v) is 6.34. The van der Waals surface area contributed by atoms with E-state index in [1.165, 1.54) is 32.2 Å². The van der Waals surface area contributed by atoms with E-state index in [1.807, 2.05) is 7.05 Å². The van der Waals surface area contributed by atoms with Gasteiger partial charge >= 0.3 is 0 Å². The number of likely N-dealkylation sites (tertiary alicyclic amines) is 1. The van der Waals surface area contributed by atoms with Gasteiger partial charge in [0.05, 0.1) is 6.61 Å². The molecule has 1 saturated heterocycles. The lowest BCUT2D eigenvalue weighted by molar-refractivity contribution is 0.130. The zero-order valence-electron chi connectivity index (χ0n) is 10.2. The Bertz CT molecular complexity index is 160. The Hall–Kier alpha value is -0.120. The molecule has 90 valence electrons. The van der Waals surface area contributed by atoms with Crippen LogP contribution in [0, 0.1) is 0 Å². The average molecular weight is 214 g/mol. The van der Waals surface area contributed by atoms with Crippen molar-refractivity contribution in [3.63, 3.8) is 0 Å². The third-order valence-electron chi connectivity index (χ3n) is 3.61. The Morgan fingerprint density at radius 1 is 1.47 bits per heavy atom. The number of nitrogens with zero attached hydrogens (tertiary/aromatic N) is 1. The number of rotatable bonds is 6. The molecule has 0 saturated carbocycles. The third kappa shape index (κ3) is 4.09. The Morgan fingerprint density at radius 3 is 2.87 bits per heavy atom. The maximum Gasteiger partial charge on any atom is 0.0585 e. The van der Waals surface area contributed by atoms with Gasteiger partial charge in [-0.25, -0.2) is 0 Å². The number of piperidine rings is 1. The highest BCUT2D eigenvalue weighted by molar-refractivity contribution is 4.77. The first kappa shape index (κ1) is 12.9. The first-order valence-electron chi connectivity index (χ1n) is 6.34. The molecule has 0 amide bonds. The van der Waals surface area contributed by atoms with E-state index >= 15 is 0 Å². The van der Waals surface area contributed by atoms with Crippen molar-refractivity contribution in [3.8, 4) is 0 Å². The lowest BCUT2D eigenvalue weighted by Crippen LogP contribution is -2.42. The van der Waals surface area contributed by atoms with Crippen molar-refractivity contribution >= 4 is 0 Å². The number of hydrogen-bond acceptors (Lipinski definition) is 3. The molecule has 1 aliphatic rings. The van der Waals surface area contributed by atoms with Crippen LogP contribution < -0.4 is 5.32 Å². The fraction of sp³-hybridized carbons (Fsp3) is 1.00. The Kier molecular flexibility index (Phi) is 6.22. The van der Waals surface area contributed by atoms with Gasteiger partial charge in [0.2, 0.25) is 0 Å². The van der Waals surface area contributed by atoms with Gasteiger partial charge in [0.15, 0.2) is 0 Å². The summed E-state index contributed by atoms with van der Waals surface area (Å²) in [5.74, 6) is 0. The zero-order chi connectivity index (χ0) is 11.1. The maximum atomic E-state index is 9.10. The number of aliphatic hydroxyl groups is 1. The zero-order valence-corrected chi connectivity index (χ0v) is 10.2. The monoisotopic (exact) mass is 214 g/mol. The molecule has 0 bridgehead atoms. The molecule has 0 radical (unpaired) electrons. The van der Waals surface area contributed by atoms with Gasteiger partial charge in [0, 0.05) is 12.1 Å².